The van der Waals surface area contributed by atoms with Gasteiger partial charge in [0.05, 0.1) is 21.8 Å². The lowest BCUT2D eigenvalue weighted by molar-refractivity contribution is 0.102. The number of hydrogen-bond acceptors (Lipinski definition) is 7. The third-order valence-electron chi connectivity index (χ3n) is 4.24. The van der Waals surface area contributed by atoms with Crippen molar-refractivity contribution in [3.05, 3.63) is 69.4 Å². The second-order valence-corrected chi connectivity index (χ2v) is 7.37. The van der Waals surface area contributed by atoms with Crippen LogP contribution in [0.25, 0.3) is 17.3 Å². The Kier molecular flexibility index (Phi) is 5.62. The molecule has 0 atom stereocenters. The van der Waals surface area contributed by atoms with Crippen molar-refractivity contribution in [3.63, 3.8) is 0 Å². The molecule has 0 bridgehead atoms. The van der Waals surface area contributed by atoms with E-state index in [2.05, 4.69) is 41.5 Å². The van der Waals surface area contributed by atoms with Gasteiger partial charge in [-0.3, -0.25) is 4.79 Å². The van der Waals surface area contributed by atoms with Gasteiger partial charge in [0.1, 0.15) is 4.60 Å². The summed E-state index contributed by atoms with van der Waals surface area (Å²) < 4.78 is 7.30. The highest BCUT2D eigenvalue weighted by atomic mass is 79.9. The number of halogens is 2. The summed E-state index contributed by atoms with van der Waals surface area (Å²) >= 11 is 9.51. The van der Waals surface area contributed by atoms with Crippen LogP contribution in [0.5, 0.6) is 0 Å². The number of carbonyl (C=O) groups excluding carboxylic acids is 1. The Labute approximate surface area is 184 Å². The molecule has 0 aliphatic rings. The molecule has 0 fully saturated rings. The van der Waals surface area contributed by atoms with Crippen molar-refractivity contribution in [3.8, 4) is 17.3 Å². The highest BCUT2D eigenvalue weighted by Crippen LogP contribution is 2.31. The zero-order valence-corrected chi connectivity index (χ0v) is 18.0. The summed E-state index contributed by atoms with van der Waals surface area (Å²) in [6.45, 7) is 1.90. The largest absolute Gasteiger partial charge is 0.421 e. The van der Waals surface area contributed by atoms with E-state index in [4.69, 9.17) is 21.8 Å². The maximum Gasteiger partial charge on any atom is 0.260 e. The molecule has 11 heteroatoms. The summed E-state index contributed by atoms with van der Waals surface area (Å²) in [7, 11) is 0. The molecular weight excluding hydrogens is 474 g/mol. The molecule has 4 aromatic rings. The normalized spacial score (nSPS) is 10.9. The lowest BCUT2D eigenvalue weighted by Crippen LogP contribution is -2.15. The van der Waals surface area contributed by atoms with Gasteiger partial charge in [0.15, 0.2) is 5.82 Å². The number of nitrogens with one attached hydrogen (secondary N) is 1. The van der Waals surface area contributed by atoms with E-state index < -0.39 is 5.91 Å². The van der Waals surface area contributed by atoms with Gasteiger partial charge in [0, 0.05) is 25.9 Å². The summed E-state index contributed by atoms with van der Waals surface area (Å²) in [6.07, 6.45) is 3.13. The maximum atomic E-state index is 13.1. The zero-order valence-electron chi connectivity index (χ0n) is 15.6. The van der Waals surface area contributed by atoms with Gasteiger partial charge in [0.2, 0.25) is 11.8 Å². The fourth-order valence-corrected chi connectivity index (χ4v) is 3.50. The second-order valence-electron chi connectivity index (χ2n) is 6.21. The molecule has 0 saturated carbocycles. The molecule has 9 nitrogen and oxygen atoms in total. The minimum Gasteiger partial charge on any atom is -0.421 e. The molecule has 3 aromatic heterocycles. The van der Waals surface area contributed by atoms with Crippen molar-refractivity contribution in [2.24, 2.45) is 5.73 Å². The van der Waals surface area contributed by atoms with Crippen LogP contribution < -0.4 is 11.1 Å². The number of amides is 1. The lowest BCUT2D eigenvalue weighted by Gasteiger charge is -2.12. The molecule has 0 saturated heterocycles. The molecule has 1 aromatic carbocycles. The maximum absolute atomic E-state index is 13.1. The highest BCUT2D eigenvalue weighted by molar-refractivity contribution is 9.10. The summed E-state index contributed by atoms with van der Waals surface area (Å²) in [5.41, 5.74) is 7.94. The lowest BCUT2D eigenvalue weighted by atomic mass is 10.1. The van der Waals surface area contributed by atoms with E-state index in [0.29, 0.717) is 38.1 Å². The fraction of sp³-hybridized carbons (Fsp3) is 0.105. The number of rotatable bonds is 5. The molecule has 0 aliphatic carbocycles. The minimum atomic E-state index is -0.404. The Hall–Kier alpha value is -3.08. The number of aromatic nitrogens is 5. The number of pyridine rings is 1. The molecular formula is C19H15BrClN7O2. The summed E-state index contributed by atoms with van der Waals surface area (Å²) in [5.74, 6) is 0.701. The summed E-state index contributed by atoms with van der Waals surface area (Å²) in [4.78, 5) is 17.3. The number of aryl methyl sites for hydroxylation is 1. The van der Waals surface area contributed by atoms with Crippen LogP contribution >= 0.6 is 27.5 Å². The van der Waals surface area contributed by atoms with Crippen molar-refractivity contribution in [1.29, 1.82) is 0 Å². The van der Waals surface area contributed by atoms with Crippen LogP contribution in [0.1, 0.15) is 21.8 Å². The van der Waals surface area contributed by atoms with Crippen LogP contribution in [-0.2, 0) is 6.54 Å². The topological polar surface area (TPSA) is 125 Å². The van der Waals surface area contributed by atoms with Crippen LogP contribution in [0.15, 0.2) is 51.7 Å². The van der Waals surface area contributed by atoms with Gasteiger partial charge in [-0.1, -0.05) is 23.7 Å². The summed E-state index contributed by atoms with van der Waals surface area (Å²) in [6, 6.07) is 8.80. The van der Waals surface area contributed by atoms with Crippen LogP contribution in [0.4, 0.5) is 5.69 Å². The Bertz CT molecular complexity index is 1240. The standard InChI is InChI=1S/C19H15BrClN7O2/c1-10-25-26-19(30-10)12-5-2-4-11(8-22)15(12)24-18(29)13-9-28(27-16(13)20)17-14(21)6-3-7-23-17/h2-7,9H,8,22H2,1H3,(H,24,29). The summed E-state index contributed by atoms with van der Waals surface area (Å²) in [5, 5.41) is 15.5. The van der Waals surface area contributed by atoms with E-state index in [0.717, 1.165) is 0 Å². The molecule has 0 unspecified atom stereocenters. The van der Waals surface area contributed by atoms with Gasteiger partial charge in [-0.25, -0.2) is 9.67 Å². The van der Waals surface area contributed by atoms with Crippen molar-refractivity contribution in [2.75, 3.05) is 5.32 Å². The Morgan fingerprint density at radius 2 is 2.13 bits per heavy atom. The van der Waals surface area contributed by atoms with Gasteiger partial charge < -0.3 is 15.5 Å². The average molecular weight is 489 g/mol. The first kappa shape index (κ1) is 20.2. The average Bonchev–Trinajstić information content (AvgIpc) is 3.34. The SMILES string of the molecule is Cc1nnc(-c2cccc(CN)c2NC(=O)c2cn(-c3ncccc3Cl)nc2Br)o1. The molecule has 0 spiro atoms. The second kappa shape index (κ2) is 8.34. The number of nitrogens with zero attached hydrogens (tertiary/aromatic N) is 5. The molecule has 0 radical (unpaired) electrons. The van der Waals surface area contributed by atoms with Gasteiger partial charge in [-0.05, 0) is 39.7 Å². The Morgan fingerprint density at radius 1 is 1.30 bits per heavy atom. The van der Waals surface area contributed by atoms with E-state index in [9.17, 15) is 4.79 Å². The molecule has 30 heavy (non-hydrogen) atoms. The third kappa shape index (κ3) is 3.84. The first-order valence-corrected chi connectivity index (χ1v) is 9.95. The van der Waals surface area contributed by atoms with E-state index in [1.807, 2.05) is 12.1 Å². The van der Waals surface area contributed by atoms with E-state index in [1.165, 1.54) is 10.9 Å². The van der Waals surface area contributed by atoms with E-state index in [1.54, 1.807) is 31.3 Å². The zero-order chi connectivity index (χ0) is 21.3. The van der Waals surface area contributed by atoms with Crippen LogP contribution in [0.2, 0.25) is 5.02 Å². The molecule has 3 heterocycles. The number of carbonyl (C=O) groups is 1. The van der Waals surface area contributed by atoms with Crippen LogP contribution in [0, 0.1) is 6.92 Å². The smallest absolute Gasteiger partial charge is 0.260 e. The molecule has 152 valence electrons. The van der Waals surface area contributed by atoms with Gasteiger partial charge >= 0.3 is 0 Å². The molecule has 4 rings (SSSR count). The van der Waals surface area contributed by atoms with Crippen molar-refractivity contribution in [2.45, 2.75) is 13.5 Å². The first-order valence-electron chi connectivity index (χ1n) is 8.77. The Morgan fingerprint density at radius 3 is 2.83 bits per heavy atom. The van der Waals surface area contributed by atoms with Gasteiger partial charge in [-0.15, -0.1) is 10.2 Å². The van der Waals surface area contributed by atoms with Crippen LogP contribution in [0.3, 0.4) is 0 Å². The van der Waals surface area contributed by atoms with Crippen molar-refractivity contribution >= 4 is 39.1 Å². The number of nitrogens with two attached hydrogens (primary N) is 1. The Balaban J connectivity index is 1.71. The van der Waals surface area contributed by atoms with Crippen molar-refractivity contribution in [1.82, 2.24) is 25.0 Å². The molecule has 1 amide bonds. The van der Waals surface area contributed by atoms with Gasteiger partial charge in [0.25, 0.3) is 5.91 Å². The fourth-order valence-electron chi connectivity index (χ4n) is 2.84. The molecule has 0 aliphatic heterocycles. The number of benzene rings is 1. The van der Waals surface area contributed by atoms with E-state index in [-0.39, 0.29) is 18.0 Å². The van der Waals surface area contributed by atoms with Gasteiger partial charge in [-0.2, -0.15) is 5.10 Å². The number of para-hydroxylation sites is 1. The predicted molar refractivity (Wildman–Crippen MR) is 114 cm³/mol. The van der Waals surface area contributed by atoms with E-state index >= 15 is 0 Å². The molecule has 3 N–H and O–H groups in total. The monoisotopic (exact) mass is 487 g/mol. The number of hydrogen-bond donors (Lipinski definition) is 2. The highest BCUT2D eigenvalue weighted by Gasteiger charge is 2.21. The quantitative estimate of drug-likeness (QED) is 0.438. The van der Waals surface area contributed by atoms with Crippen molar-refractivity contribution < 1.29 is 9.21 Å². The predicted octanol–water partition coefficient (Wildman–Crippen LogP) is 3.75. The number of anilines is 1. The first-order chi connectivity index (χ1) is 14.5. The van der Waals surface area contributed by atoms with Crippen LogP contribution in [-0.4, -0.2) is 30.9 Å². The third-order valence-corrected chi connectivity index (χ3v) is 5.12. The minimum absolute atomic E-state index is 0.209.